The summed E-state index contributed by atoms with van der Waals surface area (Å²) in [5, 5.41) is 6.89. The molecule has 1 unspecified atom stereocenters. The fraction of sp³-hybridized carbons (Fsp3) is 0.909. The minimum atomic E-state index is 0.117. The summed E-state index contributed by atoms with van der Waals surface area (Å²) in [7, 11) is 0. The second-order valence-electron chi connectivity index (χ2n) is 4.19. The van der Waals surface area contributed by atoms with Gasteiger partial charge >= 0.3 is 0 Å². The molecule has 1 aliphatic rings. The van der Waals surface area contributed by atoms with E-state index >= 15 is 0 Å². The van der Waals surface area contributed by atoms with E-state index in [1.54, 1.807) is 0 Å². The topological polar surface area (TPSA) is 24.1 Å². The summed E-state index contributed by atoms with van der Waals surface area (Å²) in [5.41, 5.74) is 0.117. The summed E-state index contributed by atoms with van der Waals surface area (Å²) in [5.74, 6) is 0. The lowest BCUT2D eigenvalue weighted by atomic mass is 9.92. The van der Waals surface area contributed by atoms with Crippen LogP contribution in [0.5, 0.6) is 0 Å². The predicted octanol–water partition coefficient (Wildman–Crippen LogP) is 1.72. The zero-order valence-electron chi connectivity index (χ0n) is 8.86. The highest BCUT2D eigenvalue weighted by molar-refractivity contribution is 4.95. The monoisotopic (exact) mass is 183 g/mol. The van der Waals surface area contributed by atoms with Crippen molar-refractivity contribution in [1.82, 2.24) is 10.6 Å². The average molecular weight is 183 g/mol. The molecule has 0 bridgehead atoms. The highest BCUT2D eigenvalue weighted by atomic mass is 15.1. The van der Waals surface area contributed by atoms with Crippen molar-refractivity contribution in [1.29, 1.82) is 0 Å². The van der Waals surface area contributed by atoms with Crippen LogP contribution < -0.4 is 10.6 Å². The smallest absolute Gasteiger partial charge is 0.0307 e. The molecule has 13 heavy (non-hydrogen) atoms. The molecule has 1 saturated heterocycles. The van der Waals surface area contributed by atoms with Gasteiger partial charge < -0.3 is 10.6 Å². The van der Waals surface area contributed by atoms with Crippen molar-refractivity contribution in [2.75, 3.05) is 19.6 Å². The van der Waals surface area contributed by atoms with E-state index in [0.29, 0.717) is 0 Å². The van der Waals surface area contributed by atoms with Gasteiger partial charge in [-0.05, 0) is 13.3 Å². The van der Waals surface area contributed by atoms with E-state index in [1.807, 2.05) is 0 Å². The quantitative estimate of drug-likeness (QED) is 0.634. The molecule has 0 amide bonds. The van der Waals surface area contributed by atoms with Crippen LogP contribution in [0.3, 0.4) is 0 Å². The SMILES string of the molecule is [CH2]C1(CCCCCC)CNCCN1. The second-order valence-corrected chi connectivity index (χ2v) is 4.19. The van der Waals surface area contributed by atoms with Crippen LogP contribution >= 0.6 is 0 Å². The Morgan fingerprint density at radius 2 is 2.08 bits per heavy atom. The van der Waals surface area contributed by atoms with Gasteiger partial charge in [-0.25, -0.2) is 0 Å². The molecule has 1 radical (unpaired) electrons. The molecule has 1 aliphatic heterocycles. The zero-order valence-corrected chi connectivity index (χ0v) is 8.86. The molecule has 0 aliphatic carbocycles. The fourth-order valence-corrected chi connectivity index (χ4v) is 1.87. The Morgan fingerprint density at radius 1 is 1.23 bits per heavy atom. The molecule has 77 valence electrons. The van der Waals surface area contributed by atoms with Gasteiger partial charge in [0.15, 0.2) is 0 Å². The Balaban J connectivity index is 2.10. The van der Waals surface area contributed by atoms with E-state index in [-0.39, 0.29) is 5.54 Å². The lowest BCUT2D eigenvalue weighted by Gasteiger charge is -2.35. The predicted molar refractivity (Wildman–Crippen MR) is 57.7 cm³/mol. The van der Waals surface area contributed by atoms with Crippen molar-refractivity contribution in [3.63, 3.8) is 0 Å². The van der Waals surface area contributed by atoms with Gasteiger partial charge in [0.1, 0.15) is 0 Å². The first-order valence-electron chi connectivity index (χ1n) is 5.58. The zero-order chi connectivity index (χ0) is 9.57. The molecule has 1 fully saturated rings. The Bertz CT molecular complexity index is 128. The molecule has 1 atom stereocenters. The maximum absolute atomic E-state index is 4.25. The van der Waals surface area contributed by atoms with Crippen LogP contribution in [0, 0.1) is 6.92 Å². The molecule has 0 saturated carbocycles. The first-order chi connectivity index (χ1) is 6.27. The fourth-order valence-electron chi connectivity index (χ4n) is 1.87. The van der Waals surface area contributed by atoms with Crippen molar-refractivity contribution in [3.05, 3.63) is 6.92 Å². The Morgan fingerprint density at radius 3 is 2.69 bits per heavy atom. The van der Waals surface area contributed by atoms with Gasteiger partial charge in [0.05, 0.1) is 0 Å². The summed E-state index contributed by atoms with van der Waals surface area (Å²) in [6.07, 6.45) is 6.56. The van der Waals surface area contributed by atoms with Crippen LogP contribution in [0.2, 0.25) is 0 Å². The standard InChI is InChI=1S/C11H23N2/c1-3-4-5-6-7-11(2)10-12-8-9-13-11/h12-13H,2-10H2,1H3. The Labute approximate surface area is 82.5 Å². The number of piperazine rings is 1. The van der Waals surface area contributed by atoms with Crippen molar-refractivity contribution >= 4 is 0 Å². The largest absolute Gasteiger partial charge is 0.314 e. The van der Waals surface area contributed by atoms with Crippen LogP contribution in [0.25, 0.3) is 0 Å². The van der Waals surface area contributed by atoms with Crippen LogP contribution in [-0.4, -0.2) is 25.2 Å². The second kappa shape index (κ2) is 5.61. The third kappa shape index (κ3) is 4.10. The van der Waals surface area contributed by atoms with Crippen molar-refractivity contribution in [2.45, 2.75) is 44.6 Å². The molecular formula is C11H23N2. The van der Waals surface area contributed by atoms with Gasteiger partial charge in [-0.2, -0.15) is 0 Å². The molecule has 0 aromatic heterocycles. The molecule has 1 rings (SSSR count). The van der Waals surface area contributed by atoms with Gasteiger partial charge in [-0.15, -0.1) is 0 Å². The first-order valence-corrected chi connectivity index (χ1v) is 5.58. The van der Waals surface area contributed by atoms with Gasteiger partial charge in [-0.3, -0.25) is 0 Å². The molecule has 2 nitrogen and oxygen atoms in total. The van der Waals surface area contributed by atoms with Gasteiger partial charge in [0, 0.05) is 25.2 Å². The van der Waals surface area contributed by atoms with Crippen molar-refractivity contribution in [2.24, 2.45) is 0 Å². The van der Waals surface area contributed by atoms with Gasteiger partial charge in [0.2, 0.25) is 0 Å². The number of unbranched alkanes of at least 4 members (excludes halogenated alkanes) is 3. The van der Waals surface area contributed by atoms with Crippen LogP contribution in [0.1, 0.15) is 39.0 Å². The molecule has 2 heteroatoms. The number of nitrogens with one attached hydrogen (secondary N) is 2. The Hall–Kier alpha value is -0.0800. The maximum Gasteiger partial charge on any atom is 0.0307 e. The molecule has 2 N–H and O–H groups in total. The normalized spacial score (nSPS) is 29.1. The lowest BCUT2D eigenvalue weighted by molar-refractivity contribution is 0.302. The summed E-state index contributed by atoms with van der Waals surface area (Å²) in [6, 6.07) is 0. The maximum atomic E-state index is 4.25. The molecule has 0 aromatic carbocycles. The summed E-state index contributed by atoms with van der Waals surface area (Å²) >= 11 is 0. The van der Waals surface area contributed by atoms with Crippen LogP contribution in [0.4, 0.5) is 0 Å². The minimum Gasteiger partial charge on any atom is -0.314 e. The molecule has 0 spiro atoms. The molecule has 0 aromatic rings. The van der Waals surface area contributed by atoms with Crippen molar-refractivity contribution in [3.8, 4) is 0 Å². The van der Waals surface area contributed by atoms with E-state index in [1.165, 1.54) is 32.1 Å². The van der Waals surface area contributed by atoms with Gasteiger partial charge in [-0.1, -0.05) is 32.6 Å². The number of hydrogen-bond acceptors (Lipinski definition) is 2. The Kier molecular flexibility index (Phi) is 4.74. The highest BCUT2D eigenvalue weighted by Crippen LogP contribution is 2.15. The van der Waals surface area contributed by atoms with E-state index in [4.69, 9.17) is 0 Å². The van der Waals surface area contributed by atoms with Crippen LogP contribution in [0.15, 0.2) is 0 Å². The van der Waals surface area contributed by atoms with E-state index in [9.17, 15) is 0 Å². The summed E-state index contributed by atoms with van der Waals surface area (Å²) < 4.78 is 0. The summed E-state index contributed by atoms with van der Waals surface area (Å²) in [4.78, 5) is 0. The number of hydrogen-bond donors (Lipinski definition) is 2. The number of rotatable bonds is 5. The van der Waals surface area contributed by atoms with E-state index in [0.717, 1.165) is 19.6 Å². The van der Waals surface area contributed by atoms with Gasteiger partial charge in [0.25, 0.3) is 0 Å². The van der Waals surface area contributed by atoms with Crippen molar-refractivity contribution < 1.29 is 0 Å². The summed E-state index contributed by atoms with van der Waals surface area (Å²) in [6.45, 7) is 9.69. The third-order valence-corrected chi connectivity index (χ3v) is 2.77. The lowest BCUT2D eigenvalue weighted by Crippen LogP contribution is -2.57. The minimum absolute atomic E-state index is 0.117. The highest BCUT2D eigenvalue weighted by Gasteiger charge is 2.24. The third-order valence-electron chi connectivity index (χ3n) is 2.77. The van der Waals surface area contributed by atoms with Crippen LogP contribution in [-0.2, 0) is 0 Å². The molecule has 1 heterocycles. The van der Waals surface area contributed by atoms with E-state index in [2.05, 4.69) is 24.5 Å². The van der Waals surface area contributed by atoms with E-state index < -0.39 is 0 Å². The first kappa shape index (κ1) is 11.0. The molecular weight excluding hydrogens is 160 g/mol. The average Bonchev–Trinajstić information content (AvgIpc) is 2.14.